The first-order valence-corrected chi connectivity index (χ1v) is 7.86. The van der Waals surface area contributed by atoms with Gasteiger partial charge in [-0.05, 0) is 37.5 Å². The lowest BCUT2D eigenvalue weighted by Crippen LogP contribution is -2.37. The number of benzene rings is 1. The molecule has 2 N–H and O–H groups in total. The van der Waals surface area contributed by atoms with Crippen molar-refractivity contribution in [3.63, 3.8) is 0 Å². The van der Waals surface area contributed by atoms with Gasteiger partial charge in [0.25, 0.3) is 0 Å². The quantitative estimate of drug-likeness (QED) is 0.662. The Morgan fingerprint density at radius 3 is 2.45 bits per heavy atom. The van der Waals surface area contributed by atoms with E-state index in [-0.39, 0.29) is 12.1 Å². The van der Waals surface area contributed by atoms with Crippen LogP contribution in [0.5, 0.6) is 0 Å². The zero-order valence-corrected chi connectivity index (χ0v) is 13.3. The van der Waals surface area contributed by atoms with Crippen molar-refractivity contribution >= 4 is 17.7 Å². The number of nitrogens with one attached hydrogen (secondary N) is 2. The highest BCUT2D eigenvalue weighted by molar-refractivity contribution is 5.94. The molecule has 1 saturated carbocycles. The van der Waals surface area contributed by atoms with Gasteiger partial charge < -0.3 is 15.4 Å². The Bertz CT molecular complexity index is 535. The SMILES string of the molecule is COC(=O)c1ccc(C)c(NC(=O)NC2CCCCCC2)c1. The molecule has 0 heterocycles. The molecule has 2 rings (SSSR count). The first-order chi connectivity index (χ1) is 10.6. The number of hydrogen-bond acceptors (Lipinski definition) is 3. The number of amides is 2. The van der Waals surface area contributed by atoms with Crippen LogP contribution in [0.25, 0.3) is 0 Å². The molecule has 0 aromatic heterocycles. The summed E-state index contributed by atoms with van der Waals surface area (Å²) in [6.07, 6.45) is 6.91. The van der Waals surface area contributed by atoms with E-state index in [1.165, 1.54) is 32.8 Å². The molecule has 0 unspecified atom stereocenters. The number of hydrogen-bond donors (Lipinski definition) is 2. The molecular formula is C17H24N2O3. The monoisotopic (exact) mass is 304 g/mol. The van der Waals surface area contributed by atoms with Crippen molar-refractivity contribution < 1.29 is 14.3 Å². The number of urea groups is 1. The van der Waals surface area contributed by atoms with Gasteiger partial charge >= 0.3 is 12.0 Å². The Morgan fingerprint density at radius 1 is 1.14 bits per heavy atom. The molecule has 5 heteroatoms. The predicted octanol–water partition coefficient (Wildman–Crippen LogP) is 3.63. The number of esters is 1. The molecule has 0 saturated heterocycles. The maximum absolute atomic E-state index is 12.2. The summed E-state index contributed by atoms with van der Waals surface area (Å²) in [6, 6.07) is 5.17. The fourth-order valence-electron chi connectivity index (χ4n) is 2.77. The largest absolute Gasteiger partial charge is 0.465 e. The average molecular weight is 304 g/mol. The van der Waals surface area contributed by atoms with E-state index < -0.39 is 5.97 Å². The van der Waals surface area contributed by atoms with Crippen LogP contribution < -0.4 is 10.6 Å². The van der Waals surface area contributed by atoms with E-state index in [2.05, 4.69) is 10.6 Å². The topological polar surface area (TPSA) is 67.4 Å². The van der Waals surface area contributed by atoms with Crippen molar-refractivity contribution in [1.82, 2.24) is 5.32 Å². The van der Waals surface area contributed by atoms with Gasteiger partial charge in [0.15, 0.2) is 0 Å². The normalized spacial score (nSPS) is 15.7. The number of rotatable bonds is 3. The van der Waals surface area contributed by atoms with Crippen LogP contribution in [0.1, 0.15) is 54.4 Å². The van der Waals surface area contributed by atoms with Crippen LogP contribution >= 0.6 is 0 Å². The molecule has 1 fully saturated rings. The lowest BCUT2D eigenvalue weighted by molar-refractivity contribution is 0.0600. The van der Waals surface area contributed by atoms with Gasteiger partial charge in [0, 0.05) is 11.7 Å². The van der Waals surface area contributed by atoms with Gasteiger partial charge in [-0.3, -0.25) is 0 Å². The second kappa shape index (κ2) is 7.82. The summed E-state index contributed by atoms with van der Waals surface area (Å²) in [7, 11) is 1.34. The van der Waals surface area contributed by atoms with Gasteiger partial charge in [-0.1, -0.05) is 31.7 Å². The van der Waals surface area contributed by atoms with E-state index in [1.54, 1.807) is 18.2 Å². The lowest BCUT2D eigenvalue weighted by atomic mass is 10.1. The highest BCUT2D eigenvalue weighted by Crippen LogP contribution is 2.19. The van der Waals surface area contributed by atoms with E-state index in [0.29, 0.717) is 11.3 Å². The summed E-state index contributed by atoms with van der Waals surface area (Å²) in [5.74, 6) is -0.410. The van der Waals surface area contributed by atoms with Crippen molar-refractivity contribution in [2.45, 2.75) is 51.5 Å². The Morgan fingerprint density at radius 2 is 1.82 bits per heavy atom. The van der Waals surface area contributed by atoms with Crippen LogP contribution in [0.2, 0.25) is 0 Å². The molecule has 1 aliphatic carbocycles. The smallest absolute Gasteiger partial charge is 0.337 e. The van der Waals surface area contributed by atoms with Crippen molar-refractivity contribution in [1.29, 1.82) is 0 Å². The van der Waals surface area contributed by atoms with Gasteiger partial charge in [-0.25, -0.2) is 9.59 Å². The second-order valence-corrected chi connectivity index (χ2v) is 5.81. The summed E-state index contributed by atoms with van der Waals surface area (Å²) < 4.78 is 4.70. The third-order valence-electron chi connectivity index (χ3n) is 4.10. The molecule has 1 aromatic carbocycles. The molecule has 0 spiro atoms. The van der Waals surface area contributed by atoms with Crippen LogP contribution in [0.3, 0.4) is 0 Å². The van der Waals surface area contributed by atoms with Crippen molar-refractivity contribution in [2.75, 3.05) is 12.4 Å². The number of ether oxygens (including phenoxy) is 1. The van der Waals surface area contributed by atoms with E-state index in [1.807, 2.05) is 6.92 Å². The van der Waals surface area contributed by atoms with Gasteiger partial charge in [0.1, 0.15) is 0 Å². The first kappa shape index (κ1) is 16.3. The molecule has 0 bridgehead atoms. The minimum Gasteiger partial charge on any atom is -0.465 e. The fraction of sp³-hybridized carbons (Fsp3) is 0.529. The van der Waals surface area contributed by atoms with E-state index >= 15 is 0 Å². The van der Waals surface area contributed by atoms with Gasteiger partial charge in [0.2, 0.25) is 0 Å². The van der Waals surface area contributed by atoms with Crippen LogP contribution in [-0.4, -0.2) is 25.2 Å². The molecule has 2 amide bonds. The van der Waals surface area contributed by atoms with Crippen molar-refractivity contribution in [2.24, 2.45) is 0 Å². The summed E-state index contributed by atoms with van der Waals surface area (Å²) in [4.78, 5) is 23.7. The van der Waals surface area contributed by atoms with Crippen molar-refractivity contribution in [3.8, 4) is 0 Å². The molecule has 0 atom stereocenters. The third-order valence-corrected chi connectivity index (χ3v) is 4.10. The highest BCUT2D eigenvalue weighted by Gasteiger charge is 2.16. The molecule has 1 aromatic rings. The summed E-state index contributed by atoms with van der Waals surface area (Å²) in [5.41, 5.74) is 1.97. The Kier molecular flexibility index (Phi) is 5.81. The number of carbonyl (C=O) groups is 2. The minimum absolute atomic E-state index is 0.211. The number of methoxy groups -OCH3 is 1. The van der Waals surface area contributed by atoms with Crippen LogP contribution in [0, 0.1) is 6.92 Å². The molecule has 1 aliphatic rings. The summed E-state index contributed by atoms with van der Waals surface area (Å²) in [5, 5.41) is 5.87. The van der Waals surface area contributed by atoms with Crippen LogP contribution in [0.15, 0.2) is 18.2 Å². The van der Waals surface area contributed by atoms with Crippen molar-refractivity contribution in [3.05, 3.63) is 29.3 Å². The highest BCUT2D eigenvalue weighted by atomic mass is 16.5. The van der Waals surface area contributed by atoms with E-state index in [4.69, 9.17) is 4.74 Å². The summed E-state index contributed by atoms with van der Waals surface area (Å²) >= 11 is 0. The number of carbonyl (C=O) groups excluding carboxylic acids is 2. The lowest BCUT2D eigenvalue weighted by Gasteiger charge is -2.17. The fourth-order valence-corrected chi connectivity index (χ4v) is 2.77. The van der Waals surface area contributed by atoms with Gasteiger partial charge in [-0.15, -0.1) is 0 Å². The number of aryl methyl sites for hydroxylation is 1. The van der Waals surface area contributed by atoms with Crippen LogP contribution in [-0.2, 0) is 4.74 Å². The molecular weight excluding hydrogens is 280 g/mol. The molecule has 0 radical (unpaired) electrons. The van der Waals surface area contributed by atoms with Gasteiger partial charge in [-0.2, -0.15) is 0 Å². The zero-order valence-electron chi connectivity index (χ0n) is 13.3. The third kappa shape index (κ3) is 4.48. The average Bonchev–Trinajstić information content (AvgIpc) is 2.77. The Hall–Kier alpha value is -2.04. The van der Waals surface area contributed by atoms with Gasteiger partial charge in [0.05, 0.1) is 12.7 Å². The minimum atomic E-state index is -0.410. The Balaban J connectivity index is 1.99. The molecule has 22 heavy (non-hydrogen) atoms. The zero-order chi connectivity index (χ0) is 15.9. The van der Waals surface area contributed by atoms with E-state index in [9.17, 15) is 9.59 Å². The number of anilines is 1. The van der Waals surface area contributed by atoms with E-state index in [0.717, 1.165) is 18.4 Å². The standard InChI is InChI=1S/C17H24N2O3/c1-12-9-10-13(16(20)22-2)11-15(12)19-17(21)18-14-7-5-3-4-6-8-14/h9-11,14H,3-8H2,1-2H3,(H2,18,19,21). The summed E-state index contributed by atoms with van der Waals surface area (Å²) in [6.45, 7) is 1.89. The Labute approximate surface area is 131 Å². The maximum atomic E-state index is 12.2. The maximum Gasteiger partial charge on any atom is 0.337 e. The molecule has 0 aliphatic heterocycles. The first-order valence-electron chi connectivity index (χ1n) is 7.86. The molecule has 5 nitrogen and oxygen atoms in total. The predicted molar refractivity (Wildman–Crippen MR) is 86.2 cm³/mol. The molecule has 120 valence electrons. The second-order valence-electron chi connectivity index (χ2n) is 5.81. The van der Waals surface area contributed by atoms with Crippen LogP contribution in [0.4, 0.5) is 10.5 Å².